The monoisotopic (exact) mass is 290 g/mol. The lowest BCUT2D eigenvalue weighted by Crippen LogP contribution is -2.00. The zero-order chi connectivity index (χ0) is 13.7. The van der Waals surface area contributed by atoms with Gasteiger partial charge in [0.05, 0.1) is 12.5 Å². The third-order valence-electron chi connectivity index (χ3n) is 2.77. The second-order valence-corrected chi connectivity index (χ2v) is 4.90. The van der Waals surface area contributed by atoms with E-state index in [2.05, 4.69) is 11.4 Å². The normalized spacial score (nSPS) is 9.95. The average molecular weight is 291 g/mol. The van der Waals surface area contributed by atoms with Crippen LogP contribution in [0.3, 0.4) is 0 Å². The van der Waals surface area contributed by atoms with Gasteiger partial charge in [0, 0.05) is 27.8 Å². The summed E-state index contributed by atoms with van der Waals surface area (Å²) in [5, 5.41) is 13.2. The first kappa shape index (κ1) is 13.7. The summed E-state index contributed by atoms with van der Waals surface area (Å²) in [4.78, 5) is 0. The van der Waals surface area contributed by atoms with Crippen molar-refractivity contribution in [1.29, 1.82) is 5.26 Å². The maximum atomic E-state index is 8.61. The highest BCUT2D eigenvalue weighted by molar-refractivity contribution is 6.36. The summed E-state index contributed by atoms with van der Waals surface area (Å²) in [5.74, 6) is 0. The van der Waals surface area contributed by atoms with Gasteiger partial charge in [-0.3, -0.25) is 0 Å². The van der Waals surface area contributed by atoms with Crippen molar-refractivity contribution in [3.63, 3.8) is 0 Å². The van der Waals surface area contributed by atoms with Crippen molar-refractivity contribution in [3.8, 4) is 6.07 Å². The van der Waals surface area contributed by atoms with Crippen LogP contribution in [-0.2, 0) is 13.0 Å². The van der Waals surface area contributed by atoms with Gasteiger partial charge in [-0.2, -0.15) is 5.26 Å². The molecule has 2 aromatic carbocycles. The molecule has 1 N–H and O–H groups in total. The third kappa shape index (κ3) is 3.64. The molecule has 0 aliphatic heterocycles. The van der Waals surface area contributed by atoms with Crippen LogP contribution in [0.1, 0.15) is 11.1 Å². The molecule has 0 aliphatic rings. The van der Waals surface area contributed by atoms with Gasteiger partial charge in [0.15, 0.2) is 0 Å². The number of hydrogen-bond acceptors (Lipinski definition) is 2. The highest BCUT2D eigenvalue weighted by atomic mass is 35.5. The standard InChI is InChI=1S/C15H12Cl2N2/c16-14-2-1-3-15(17)13(14)10-19-12-6-4-11(5-7-12)8-9-18/h1-7,19H,8,10H2. The van der Waals surface area contributed by atoms with Crippen molar-refractivity contribution >= 4 is 28.9 Å². The highest BCUT2D eigenvalue weighted by Crippen LogP contribution is 2.25. The van der Waals surface area contributed by atoms with Crippen LogP contribution in [0.2, 0.25) is 10.0 Å². The van der Waals surface area contributed by atoms with Gasteiger partial charge in [0.25, 0.3) is 0 Å². The first-order valence-electron chi connectivity index (χ1n) is 5.83. The van der Waals surface area contributed by atoms with Gasteiger partial charge >= 0.3 is 0 Å². The van der Waals surface area contributed by atoms with Crippen molar-refractivity contribution < 1.29 is 0 Å². The number of anilines is 1. The molecule has 4 heteroatoms. The van der Waals surface area contributed by atoms with E-state index >= 15 is 0 Å². The predicted molar refractivity (Wildman–Crippen MR) is 79.5 cm³/mol. The Balaban J connectivity index is 2.04. The molecule has 0 fully saturated rings. The summed E-state index contributed by atoms with van der Waals surface area (Å²) in [5.41, 5.74) is 2.86. The van der Waals surface area contributed by atoms with E-state index in [9.17, 15) is 0 Å². The molecule has 2 aromatic rings. The molecule has 19 heavy (non-hydrogen) atoms. The minimum absolute atomic E-state index is 0.427. The quantitative estimate of drug-likeness (QED) is 0.888. The van der Waals surface area contributed by atoms with Crippen molar-refractivity contribution in [2.45, 2.75) is 13.0 Å². The summed E-state index contributed by atoms with van der Waals surface area (Å²) in [6.45, 7) is 0.566. The van der Waals surface area contributed by atoms with Gasteiger partial charge in [-0.15, -0.1) is 0 Å². The molecular weight excluding hydrogens is 279 g/mol. The second-order valence-electron chi connectivity index (χ2n) is 4.09. The topological polar surface area (TPSA) is 35.8 Å². The second kappa shape index (κ2) is 6.47. The molecule has 0 atom stereocenters. The molecule has 0 aliphatic carbocycles. The molecule has 0 amide bonds. The Kier molecular flexibility index (Phi) is 4.68. The Morgan fingerprint density at radius 1 is 1.00 bits per heavy atom. The number of hydrogen-bond donors (Lipinski definition) is 1. The fraction of sp³-hybridized carbons (Fsp3) is 0.133. The van der Waals surface area contributed by atoms with E-state index in [0.29, 0.717) is 23.0 Å². The van der Waals surface area contributed by atoms with E-state index in [0.717, 1.165) is 16.8 Å². The molecule has 0 aromatic heterocycles. The summed E-state index contributed by atoms with van der Waals surface area (Å²) in [7, 11) is 0. The fourth-order valence-corrected chi connectivity index (χ4v) is 2.25. The summed E-state index contributed by atoms with van der Waals surface area (Å²) < 4.78 is 0. The zero-order valence-corrected chi connectivity index (χ0v) is 11.7. The number of nitrogens with zero attached hydrogens (tertiary/aromatic N) is 1. The number of nitriles is 1. The smallest absolute Gasteiger partial charge is 0.0669 e. The van der Waals surface area contributed by atoms with Crippen molar-refractivity contribution in [3.05, 3.63) is 63.6 Å². The number of benzene rings is 2. The van der Waals surface area contributed by atoms with Gasteiger partial charge in [0.1, 0.15) is 0 Å². The fourth-order valence-electron chi connectivity index (χ4n) is 1.72. The molecule has 0 saturated carbocycles. The van der Waals surface area contributed by atoms with Gasteiger partial charge in [-0.05, 0) is 29.8 Å². The summed E-state index contributed by atoms with van der Waals surface area (Å²) in [6.07, 6.45) is 0.427. The maximum Gasteiger partial charge on any atom is 0.0669 e. The number of nitrogens with one attached hydrogen (secondary N) is 1. The van der Waals surface area contributed by atoms with Crippen molar-refractivity contribution in [2.75, 3.05) is 5.32 Å². The van der Waals surface area contributed by atoms with Gasteiger partial charge in [-0.25, -0.2) is 0 Å². The van der Waals surface area contributed by atoms with E-state index in [1.807, 2.05) is 42.5 Å². The molecule has 0 radical (unpaired) electrons. The molecule has 0 heterocycles. The average Bonchev–Trinajstić information content (AvgIpc) is 2.40. The summed E-state index contributed by atoms with van der Waals surface area (Å²) in [6, 6.07) is 15.3. The van der Waals surface area contributed by atoms with Crippen LogP contribution in [0, 0.1) is 11.3 Å². The van der Waals surface area contributed by atoms with E-state index in [4.69, 9.17) is 28.5 Å². The Labute approximate surface area is 122 Å². The van der Waals surface area contributed by atoms with Crippen LogP contribution in [0.4, 0.5) is 5.69 Å². The summed E-state index contributed by atoms with van der Waals surface area (Å²) >= 11 is 12.2. The Morgan fingerprint density at radius 2 is 1.63 bits per heavy atom. The number of rotatable bonds is 4. The van der Waals surface area contributed by atoms with Crippen LogP contribution in [-0.4, -0.2) is 0 Å². The van der Waals surface area contributed by atoms with E-state index < -0.39 is 0 Å². The van der Waals surface area contributed by atoms with Crippen LogP contribution < -0.4 is 5.32 Å². The van der Waals surface area contributed by atoms with Crippen LogP contribution in [0.15, 0.2) is 42.5 Å². The lowest BCUT2D eigenvalue weighted by molar-refractivity contribution is 1.15. The van der Waals surface area contributed by atoms with Crippen LogP contribution in [0.5, 0.6) is 0 Å². The van der Waals surface area contributed by atoms with E-state index in [1.54, 1.807) is 0 Å². The Bertz CT molecular complexity index is 580. The minimum Gasteiger partial charge on any atom is -0.381 e. The molecule has 0 bridgehead atoms. The Morgan fingerprint density at radius 3 is 2.21 bits per heavy atom. The molecule has 0 unspecified atom stereocenters. The van der Waals surface area contributed by atoms with Crippen LogP contribution in [0.25, 0.3) is 0 Å². The van der Waals surface area contributed by atoms with Gasteiger partial charge in [-0.1, -0.05) is 41.4 Å². The SMILES string of the molecule is N#CCc1ccc(NCc2c(Cl)cccc2Cl)cc1. The van der Waals surface area contributed by atoms with E-state index in [1.165, 1.54) is 0 Å². The molecule has 0 spiro atoms. The first-order valence-corrected chi connectivity index (χ1v) is 6.59. The largest absolute Gasteiger partial charge is 0.381 e. The van der Waals surface area contributed by atoms with Crippen molar-refractivity contribution in [2.24, 2.45) is 0 Å². The molecular formula is C15H12Cl2N2. The zero-order valence-electron chi connectivity index (χ0n) is 10.2. The minimum atomic E-state index is 0.427. The molecule has 96 valence electrons. The molecule has 0 saturated heterocycles. The highest BCUT2D eigenvalue weighted by Gasteiger charge is 2.04. The van der Waals surface area contributed by atoms with Crippen molar-refractivity contribution in [1.82, 2.24) is 0 Å². The number of halogens is 2. The lowest BCUT2D eigenvalue weighted by Gasteiger charge is -2.10. The molecule has 2 nitrogen and oxygen atoms in total. The molecule has 2 rings (SSSR count). The van der Waals surface area contributed by atoms with Gasteiger partial charge in [0.2, 0.25) is 0 Å². The first-order chi connectivity index (χ1) is 9.20. The maximum absolute atomic E-state index is 8.61. The van der Waals surface area contributed by atoms with Gasteiger partial charge < -0.3 is 5.32 Å². The van der Waals surface area contributed by atoms with Crippen LogP contribution >= 0.6 is 23.2 Å². The predicted octanol–water partition coefficient (Wildman–Crippen LogP) is 4.67. The lowest BCUT2D eigenvalue weighted by atomic mass is 10.1. The third-order valence-corrected chi connectivity index (χ3v) is 3.48. The Hall–Kier alpha value is -1.69. The van der Waals surface area contributed by atoms with E-state index in [-0.39, 0.29) is 0 Å².